The van der Waals surface area contributed by atoms with Crippen LogP contribution < -0.4 is 17.0 Å². The SMILES string of the molecule is NNC(Cc1ccnc(N)c1)c1ccco1. The van der Waals surface area contributed by atoms with Gasteiger partial charge >= 0.3 is 0 Å². The molecular formula is C11H14N4O. The van der Waals surface area contributed by atoms with Crippen LogP contribution in [-0.2, 0) is 6.42 Å². The van der Waals surface area contributed by atoms with Gasteiger partial charge in [-0.25, -0.2) is 10.4 Å². The number of hydrogen-bond donors (Lipinski definition) is 3. The fraction of sp³-hybridized carbons (Fsp3) is 0.182. The summed E-state index contributed by atoms with van der Waals surface area (Å²) in [6.45, 7) is 0. The molecule has 2 heterocycles. The second-order valence-corrected chi connectivity index (χ2v) is 3.53. The van der Waals surface area contributed by atoms with E-state index in [1.165, 1.54) is 0 Å². The molecule has 0 amide bonds. The maximum Gasteiger partial charge on any atom is 0.123 e. The quantitative estimate of drug-likeness (QED) is 0.526. The molecule has 0 saturated heterocycles. The Bertz CT molecular complexity index is 441. The monoisotopic (exact) mass is 218 g/mol. The summed E-state index contributed by atoms with van der Waals surface area (Å²) in [4.78, 5) is 3.94. The maximum atomic E-state index is 5.61. The normalized spacial score (nSPS) is 12.6. The molecule has 0 aliphatic heterocycles. The van der Waals surface area contributed by atoms with E-state index in [9.17, 15) is 0 Å². The second kappa shape index (κ2) is 4.78. The van der Waals surface area contributed by atoms with Crippen molar-refractivity contribution in [3.63, 3.8) is 0 Å². The Hall–Kier alpha value is -1.85. The van der Waals surface area contributed by atoms with Gasteiger partial charge in [0.1, 0.15) is 11.6 Å². The second-order valence-electron chi connectivity index (χ2n) is 3.53. The lowest BCUT2D eigenvalue weighted by Crippen LogP contribution is -2.29. The summed E-state index contributed by atoms with van der Waals surface area (Å²) in [5.41, 5.74) is 9.39. The molecule has 0 radical (unpaired) electrons. The van der Waals surface area contributed by atoms with Crippen LogP contribution in [0.5, 0.6) is 0 Å². The average molecular weight is 218 g/mol. The van der Waals surface area contributed by atoms with Crippen molar-refractivity contribution in [2.75, 3.05) is 5.73 Å². The van der Waals surface area contributed by atoms with Crippen LogP contribution in [0.2, 0.25) is 0 Å². The van der Waals surface area contributed by atoms with Crippen LogP contribution >= 0.6 is 0 Å². The van der Waals surface area contributed by atoms with Crippen LogP contribution in [0.25, 0.3) is 0 Å². The van der Waals surface area contributed by atoms with E-state index in [1.54, 1.807) is 12.5 Å². The molecule has 0 fully saturated rings. The van der Waals surface area contributed by atoms with Crippen molar-refractivity contribution in [1.82, 2.24) is 10.4 Å². The third-order valence-electron chi connectivity index (χ3n) is 2.37. The van der Waals surface area contributed by atoms with Crippen LogP contribution in [-0.4, -0.2) is 4.98 Å². The highest BCUT2D eigenvalue weighted by Crippen LogP contribution is 2.18. The molecular weight excluding hydrogens is 204 g/mol. The molecule has 0 spiro atoms. The van der Waals surface area contributed by atoms with Crippen molar-refractivity contribution in [3.8, 4) is 0 Å². The minimum Gasteiger partial charge on any atom is -0.468 e. The number of nitrogen functional groups attached to an aromatic ring is 1. The molecule has 0 aliphatic carbocycles. The summed E-state index contributed by atoms with van der Waals surface area (Å²) in [5.74, 6) is 6.80. The topological polar surface area (TPSA) is 90.1 Å². The van der Waals surface area contributed by atoms with Crippen molar-refractivity contribution in [1.29, 1.82) is 0 Å². The van der Waals surface area contributed by atoms with Crippen molar-refractivity contribution in [2.24, 2.45) is 5.84 Å². The minimum atomic E-state index is -0.0585. The highest BCUT2D eigenvalue weighted by Gasteiger charge is 2.13. The van der Waals surface area contributed by atoms with E-state index in [2.05, 4.69) is 10.4 Å². The molecule has 5 nitrogen and oxygen atoms in total. The summed E-state index contributed by atoms with van der Waals surface area (Å²) in [6.07, 6.45) is 4.01. The van der Waals surface area contributed by atoms with Gasteiger partial charge < -0.3 is 10.2 Å². The van der Waals surface area contributed by atoms with Crippen LogP contribution in [0.1, 0.15) is 17.4 Å². The summed E-state index contributed by atoms with van der Waals surface area (Å²) in [6, 6.07) is 7.39. The molecule has 1 unspecified atom stereocenters. The zero-order valence-electron chi connectivity index (χ0n) is 8.76. The first-order valence-electron chi connectivity index (χ1n) is 4.99. The van der Waals surface area contributed by atoms with Crippen LogP contribution in [0.15, 0.2) is 41.1 Å². The molecule has 16 heavy (non-hydrogen) atoms. The van der Waals surface area contributed by atoms with Crippen LogP contribution in [0.4, 0.5) is 5.82 Å². The number of anilines is 1. The predicted molar refractivity (Wildman–Crippen MR) is 61.1 cm³/mol. The molecule has 1 atom stereocenters. The maximum absolute atomic E-state index is 5.61. The molecule has 0 saturated carbocycles. The van der Waals surface area contributed by atoms with E-state index in [1.807, 2.05) is 24.3 Å². The van der Waals surface area contributed by atoms with E-state index in [0.29, 0.717) is 12.2 Å². The number of rotatable bonds is 4. The first-order chi connectivity index (χ1) is 7.79. The Morgan fingerprint density at radius 1 is 1.44 bits per heavy atom. The number of pyridine rings is 1. The lowest BCUT2D eigenvalue weighted by molar-refractivity contribution is 0.416. The summed E-state index contributed by atoms with van der Waals surface area (Å²) >= 11 is 0. The van der Waals surface area contributed by atoms with Crippen LogP contribution in [0, 0.1) is 0 Å². The fourth-order valence-corrected chi connectivity index (χ4v) is 1.59. The molecule has 2 aromatic heterocycles. The lowest BCUT2D eigenvalue weighted by Gasteiger charge is -2.13. The van der Waals surface area contributed by atoms with Gasteiger partial charge in [-0.1, -0.05) is 0 Å². The first kappa shape index (κ1) is 10.7. The van der Waals surface area contributed by atoms with Gasteiger partial charge in [-0.3, -0.25) is 5.84 Å². The number of aromatic nitrogens is 1. The van der Waals surface area contributed by atoms with Gasteiger partial charge in [0.2, 0.25) is 0 Å². The summed E-state index contributed by atoms with van der Waals surface area (Å²) in [5, 5.41) is 0. The summed E-state index contributed by atoms with van der Waals surface area (Å²) in [7, 11) is 0. The van der Waals surface area contributed by atoms with Crippen molar-refractivity contribution in [3.05, 3.63) is 48.0 Å². The third-order valence-corrected chi connectivity index (χ3v) is 2.37. The number of nitrogens with two attached hydrogens (primary N) is 2. The predicted octanol–water partition coefficient (Wildman–Crippen LogP) is 1.00. The zero-order chi connectivity index (χ0) is 11.4. The van der Waals surface area contributed by atoms with E-state index < -0.39 is 0 Å². The fourth-order valence-electron chi connectivity index (χ4n) is 1.59. The lowest BCUT2D eigenvalue weighted by atomic mass is 10.1. The average Bonchev–Trinajstić information content (AvgIpc) is 2.79. The Kier molecular flexibility index (Phi) is 3.19. The first-order valence-corrected chi connectivity index (χ1v) is 4.99. The number of hydrazine groups is 1. The van der Waals surface area contributed by atoms with Crippen LogP contribution in [0.3, 0.4) is 0 Å². The highest BCUT2D eigenvalue weighted by atomic mass is 16.3. The molecule has 2 aromatic rings. The highest BCUT2D eigenvalue weighted by molar-refractivity contribution is 5.32. The van der Waals surface area contributed by atoms with Gasteiger partial charge in [0.25, 0.3) is 0 Å². The number of hydrogen-bond acceptors (Lipinski definition) is 5. The Morgan fingerprint density at radius 2 is 2.31 bits per heavy atom. The van der Waals surface area contributed by atoms with E-state index in [-0.39, 0.29) is 6.04 Å². The van der Waals surface area contributed by atoms with Crippen molar-refractivity contribution in [2.45, 2.75) is 12.5 Å². The van der Waals surface area contributed by atoms with E-state index in [4.69, 9.17) is 16.0 Å². The molecule has 0 bridgehead atoms. The zero-order valence-corrected chi connectivity index (χ0v) is 8.76. The van der Waals surface area contributed by atoms with Crippen molar-refractivity contribution < 1.29 is 4.42 Å². The molecule has 0 aliphatic rings. The Labute approximate surface area is 93.4 Å². The Balaban J connectivity index is 2.13. The number of nitrogens with one attached hydrogen (secondary N) is 1. The molecule has 5 heteroatoms. The minimum absolute atomic E-state index is 0.0585. The molecule has 84 valence electrons. The van der Waals surface area contributed by atoms with Crippen molar-refractivity contribution >= 4 is 5.82 Å². The Morgan fingerprint density at radius 3 is 2.94 bits per heavy atom. The smallest absolute Gasteiger partial charge is 0.123 e. The van der Waals surface area contributed by atoms with Gasteiger partial charge in [0.15, 0.2) is 0 Å². The van der Waals surface area contributed by atoms with Gasteiger partial charge in [0, 0.05) is 6.20 Å². The third kappa shape index (κ3) is 2.39. The number of furan rings is 1. The number of nitrogens with zero attached hydrogens (tertiary/aromatic N) is 1. The van der Waals surface area contributed by atoms with Gasteiger partial charge in [-0.2, -0.15) is 0 Å². The van der Waals surface area contributed by atoms with Gasteiger partial charge in [0.05, 0.1) is 12.3 Å². The van der Waals surface area contributed by atoms with Gasteiger partial charge in [-0.05, 0) is 36.2 Å². The largest absolute Gasteiger partial charge is 0.468 e. The standard InChI is InChI=1S/C11H14N4O/c12-11-7-8(3-4-14-11)6-9(15-13)10-2-1-5-16-10/h1-5,7,9,15H,6,13H2,(H2,12,14). The molecule has 0 aromatic carbocycles. The van der Waals surface area contributed by atoms with E-state index >= 15 is 0 Å². The van der Waals surface area contributed by atoms with Gasteiger partial charge in [-0.15, -0.1) is 0 Å². The molecule has 2 rings (SSSR count). The molecule has 5 N–H and O–H groups in total. The summed E-state index contributed by atoms with van der Waals surface area (Å²) < 4.78 is 5.30. The van der Waals surface area contributed by atoms with E-state index in [0.717, 1.165) is 11.3 Å².